The van der Waals surface area contributed by atoms with Crippen LogP contribution in [0.5, 0.6) is 0 Å². The fourth-order valence-corrected chi connectivity index (χ4v) is 3.58. The molecule has 4 rings (SSSR count). The number of aromatic nitrogens is 2. The van der Waals surface area contributed by atoms with E-state index in [-0.39, 0.29) is 28.0 Å². The van der Waals surface area contributed by atoms with Crippen molar-refractivity contribution in [3.05, 3.63) is 73.3 Å². The minimum Gasteiger partial charge on any atom is -0.352 e. The summed E-state index contributed by atoms with van der Waals surface area (Å²) in [5.41, 5.74) is -0.592. The number of para-hydroxylation sites is 1. The Hall–Kier alpha value is -2.57. The molecule has 2 aromatic carbocycles. The summed E-state index contributed by atoms with van der Waals surface area (Å²) in [6, 6.07) is 10.6. The molecular formula is C20H17Cl2N3O3. The highest BCUT2D eigenvalue weighted by Crippen LogP contribution is 2.23. The van der Waals surface area contributed by atoms with Gasteiger partial charge in [0.25, 0.3) is 5.56 Å². The van der Waals surface area contributed by atoms with Crippen LogP contribution in [0.4, 0.5) is 0 Å². The average molecular weight is 418 g/mol. The van der Waals surface area contributed by atoms with E-state index in [1.807, 2.05) is 0 Å². The van der Waals surface area contributed by atoms with Crippen LogP contribution < -0.4 is 16.6 Å². The highest BCUT2D eigenvalue weighted by atomic mass is 35.5. The van der Waals surface area contributed by atoms with Gasteiger partial charge in [-0.1, -0.05) is 35.3 Å². The molecule has 1 aliphatic carbocycles. The van der Waals surface area contributed by atoms with Crippen molar-refractivity contribution < 1.29 is 4.79 Å². The molecule has 6 nitrogen and oxygen atoms in total. The van der Waals surface area contributed by atoms with Gasteiger partial charge in [-0.3, -0.25) is 14.2 Å². The van der Waals surface area contributed by atoms with Crippen molar-refractivity contribution in [2.45, 2.75) is 31.8 Å². The Morgan fingerprint density at radius 3 is 2.54 bits per heavy atom. The van der Waals surface area contributed by atoms with Crippen molar-refractivity contribution in [2.75, 3.05) is 0 Å². The first-order valence-electron chi connectivity index (χ1n) is 8.90. The topological polar surface area (TPSA) is 73.1 Å². The summed E-state index contributed by atoms with van der Waals surface area (Å²) in [4.78, 5) is 39.1. The third kappa shape index (κ3) is 3.23. The number of halogens is 2. The summed E-state index contributed by atoms with van der Waals surface area (Å²) < 4.78 is 2.29. The normalized spacial score (nSPS) is 14.8. The molecule has 8 heteroatoms. The summed E-state index contributed by atoms with van der Waals surface area (Å²) in [6.45, 7) is 1.63. The average Bonchev–Trinajstić information content (AvgIpc) is 3.47. The van der Waals surface area contributed by atoms with Gasteiger partial charge in [-0.2, -0.15) is 0 Å². The van der Waals surface area contributed by atoms with E-state index in [0.29, 0.717) is 10.5 Å². The highest BCUT2D eigenvalue weighted by Gasteiger charge is 2.28. The predicted octanol–water partition coefficient (Wildman–Crippen LogP) is 3.30. The summed E-state index contributed by atoms with van der Waals surface area (Å²) in [7, 11) is 0. The summed E-state index contributed by atoms with van der Waals surface area (Å²) in [5, 5.41) is 3.80. The number of fused-ring (bicyclic) bond motifs is 1. The Bertz CT molecular complexity index is 1210. The van der Waals surface area contributed by atoms with Crippen LogP contribution in [-0.2, 0) is 4.79 Å². The smallest absolute Gasteiger partial charge is 0.336 e. The molecule has 1 aliphatic rings. The van der Waals surface area contributed by atoms with Crippen LogP contribution in [0.3, 0.4) is 0 Å². The number of benzene rings is 2. The lowest BCUT2D eigenvalue weighted by Gasteiger charge is -2.20. The van der Waals surface area contributed by atoms with Gasteiger partial charge in [-0.05, 0) is 50.1 Å². The fourth-order valence-electron chi connectivity index (χ4n) is 3.19. The Labute approximate surface area is 170 Å². The second-order valence-electron chi connectivity index (χ2n) is 6.86. The molecule has 144 valence electrons. The molecule has 1 aromatic heterocycles. The maximum absolute atomic E-state index is 13.4. The minimum atomic E-state index is -0.830. The number of nitrogens with one attached hydrogen (secondary N) is 1. The van der Waals surface area contributed by atoms with Crippen LogP contribution >= 0.6 is 23.2 Å². The lowest BCUT2D eigenvalue weighted by molar-refractivity contribution is -0.124. The number of rotatable bonds is 4. The van der Waals surface area contributed by atoms with Crippen molar-refractivity contribution in [2.24, 2.45) is 0 Å². The Balaban J connectivity index is 2.03. The van der Waals surface area contributed by atoms with Gasteiger partial charge >= 0.3 is 5.69 Å². The number of hydrogen-bond donors (Lipinski definition) is 1. The quantitative estimate of drug-likeness (QED) is 0.707. The van der Waals surface area contributed by atoms with E-state index in [1.54, 1.807) is 43.3 Å². The molecule has 28 heavy (non-hydrogen) atoms. The van der Waals surface area contributed by atoms with Gasteiger partial charge in [0.2, 0.25) is 5.91 Å². The maximum Gasteiger partial charge on any atom is 0.336 e. The van der Waals surface area contributed by atoms with E-state index < -0.39 is 17.3 Å². The number of hydrogen-bond acceptors (Lipinski definition) is 3. The molecule has 0 saturated heterocycles. The molecule has 1 fully saturated rings. The van der Waals surface area contributed by atoms with Gasteiger partial charge in [-0.25, -0.2) is 9.36 Å². The van der Waals surface area contributed by atoms with Gasteiger partial charge in [-0.15, -0.1) is 0 Å². The molecule has 0 spiro atoms. The Morgan fingerprint density at radius 1 is 1.14 bits per heavy atom. The lowest BCUT2D eigenvalue weighted by atomic mass is 10.2. The standard InChI is InChI=1S/C20H17Cl2N3O3/c1-11(18(26)23-13-7-8-13)24-17-10-12(21)6-9-14(17)19(27)25(20(24)28)16-5-3-2-4-15(16)22/h2-6,9-11,13H,7-8H2,1H3,(H,23,26). The Kier molecular flexibility index (Phi) is 4.77. The maximum atomic E-state index is 13.4. The first-order valence-corrected chi connectivity index (χ1v) is 9.66. The van der Waals surface area contributed by atoms with E-state index in [4.69, 9.17) is 23.2 Å². The first kappa shape index (κ1) is 18.8. The van der Waals surface area contributed by atoms with Gasteiger partial charge in [0.15, 0.2) is 0 Å². The summed E-state index contributed by atoms with van der Waals surface area (Å²) >= 11 is 12.4. The van der Waals surface area contributed by atoms with Crippen LogP contribution in [0.25, 0.3) is 16.6 Å². The van der Waals surface area contributed by atoms with Crippen molar-refractivity contribution in [1.82, 2.24) is 14.5 Å². The molecular weight excluding hydrogens is 401 g/mol. The zero-order valence-electron chi connectivity index (χ0n) is 15.0. The Morgan fingerprint density at radius 2 is 1.86 bits per heavy atom. The largest absolute Gasteiger partial charge is 0.352 e. The van der Waals surface area contributed by atoms with Crippen molar-refractivity contribution in [3.8, 4) is 5.69 Å². The molecule has 1 amide bonds. The van der Waals surface area contributed by atoms with Gasteiger partial charge in [0.05, 0.1) is 21.6 Å². The van der Waals surface area contributed by atoms with E-state index in [0.717, 1.165) is 17.4 Å². The van der Waals surface area contributed by atoms with Gasteiger partial charge in [0.1, 0.15) is 6.04 Å². The van der Waals surface area contributed by atoms with Gasteiger partial charge < -0.3 is 5.32 Å². The molecule has 1 atom stereocenters. The number of carbonyl (C=O) groups excluding carboxylic acids is 1. The van der Waals surface area contributed by atoms with Crippen molar-refractivity contribution in [1.29, 1.82) is 0 Å². The van der Waals surface area contributed by atoms with E-state index in [1.165, 1.54) is 10.6 Å². The van der Waals surface area contributed by atoms with Gasteiger partial charge in [0, 0.05) is 11.1 Å². The fraction of sp³-hybridized carbons (Fsp3) is 0.250. The highest BCUT2D eigenvalue weighted by molar-refractivity contribution is 6.32. The molecule has 1 unspecified atom stereocenters. The molecule has 3 aromatic rings. The minimum absolute atomic E-state index is 0.148. The third-order valence-corrected chi connectivity index (χ3v) is 5.39. The zero-order chi connectivity index (χ0) is 20.0. The van der Waals surface area contributed by atoms with Crippen LogP contribution in [0.15, 0.2) is 52.1 Å². The third-order valence-electron chi connectivity index (χ3n) is 4.83. The van der Waals surface area contributed by atoms with Crippen LogP contribution in [-0.4, -0.2) is 21.1 Å². The van der Waals surface area contributed by atoms with E-state index >= 15 is 0 Å². The molecule has 0 aliphatic heterocycles. The SMILES string of the molecule is CC(C(=O)NC1CC1)n1c(=O)n(-c2ccccc2Cl)c(=O)c2ccc(Cl)cc21. The van der Waals surface area contributed by atoms with E-state index in [9.17, 15) is 14.4 Å². The molecule has 1 heterocycles. The van der Waals surface area contributed by atoms with Crippen LogP contribution in [0.2, 0.25) is 10.0 Å². The second kappa shape index (κ2) is 7.11. The molecule has 0 bridgehead atoms. The van der Waals surface area contributed by atoms with Crippen LogP contribution in [0.1, 0.15) is 25.8 Å². The summed E-state index contributed by atoms with van der Waals surface area (Å²) in [5.74, 6) is -0.282. The number of amides is 1. The molecule has 1 saturated carbocycles. The zero-order valence-corrected chi connectivity index (χ0v) is 16.5. The van der Waals surface area contributed by atoms with E-state index in [2.05, 4.69) is 5.32 Å². The molecule has 1 N–H and O–H groups in total. The lowest BCUT2D eigenvalue weighted by Crippen LogP contribution is -2.44. The van der Waals surface area contributed by atoms with Crippen molar-refractivity contribution in [3.63, 3.8) is 0 Å². The first-order chi connectivity index (χ1) is 13.4. The number of nitrogens with zero attached hydrogens (tertiary/aromatic N) is 2. The molecule has 0 radical (unpaired) electrons. The monoisotopic (exact) mass is 417 g/mol. The van der Waals surface area contributed by atoms with Crippen molar-refractivity contribution >= 4 is 40.0 Å². The number of carbonyl (C=O) groups is 1. The predicted molar refractivity (Wildman–Crippen MR) is 110 cm³/mol. The van der Waals surface area contributed by atoms with Crippen LogP contribution in [0, 0.1) is 0 Å². The summed E-state index contributed by atoms with van der Waals surface area (Å²) in [6.07, 6.45) is 1.86. The second-order valence-corrected chi connectivity index (χ2v) is 7.71.